The first-order valence-electron chi connectivity index (χ1n) is 4.10. The van der Waals surface area contributed by atoms with Gasteiger partial charge < -0.3 is 9.84 Å². The number of rotatable bonds is 7. The molecule has 2 nitrogen and oxygen atoms in total. The Labute approximate surface area is 63.2 Å². The zero-order valence-electron chi connectivity index (χ0n) is 6.81. The number of hydrogen-bond donors (Lipinski definition) is 1. The highest BCUT2D eigenvalue weighted by Gasteiger charge is 1.87. The third kappa shape index (κ3) is 7.92. The van der Waals surface area contributed by atoms with Gasteiger partial charge in [-0.15, -0.1) is 0 Å². The lowest BCUT2D eigenvalue weighted by atomic mass is 10.2. The molecule has 0 amide bonds. The van der Waals surface area contributed by atoms with Crippen LogP contribution in [0.4, 0.5) is 0 Å². The predicted octanol–water partition coefficient (Wildman–Crippen LogP) is 1.92. The van der Waals surface area contributed by atoms with Crippen molar-refractivity contribution in [1.82, 2.24) is 0 Å². The second-order valence-electron chi connectivity index (χ2n) is 2.45. The largest absolute Gasteiger partial charge is 0.371 e. The van der Waals surface area contributed by atoms with Crippen LogP contribution in [0, 0.1) is 0 Å². The zero-order chi connectivity index (χ0) is 7.66. The van der Waals surface area contributed by atoms with Crippen molar-refractivity contribution in [1.29, 1.82) is 0 Å². The molecule has 0 rings (SSSR count). The van der Waals surface area contributed by atoms with E-state index in [1.165, 1.54) is 25.7 Å². The highest BCUT2D eigenvalue weighted by molar-refractivity contribution is 4.40. The van der Waals surface area contributed by atoms with Crippen molar-refractivity contribution < 1.29 is 9.84 Å². The fraction of sp³-hybridized carbons (Fsp3) is 1.00. The lowest BCUT2D eigenvalue weighted by Crippen LogP contribution is -1.94. The van der Waals surface area contributed by atoms with Crippen molar-refractivity contribution in [3.05, 3.63) is 0 Å². The third-order valence-corrected chi connectivity index (χ3v) is 1.48. The lowest BCUT2D eigenvalue weighted by Gasteiger charge is -1.99. The SMILES string of the molecule is CCCCCCCOCO. The molecule has 0 heterocycles. The first-order valence-corrected chi connectivity index (χ1v) is 4.10. The maximum Gasteiger partial charge on any atom is 0.143 e. The fourth-order valence-corrected chi connectivity index (χ4v) is 0.872. The van der Waals surface area contributed by atoms with E-state index in [1.807, 2.05) is 0 Å². The molecule has 0 aliphatic heterocycles. The molecule has 0 aliphatic rings. The van der Waals surface area contributed by atoms with Gasteiger partial charge >= 0.3 is 0 Å². The lowest BCUT2D eigenvalue weighted by molar-refractivity contribution is -0.00283. The molecule has 62 valence electrons. The standard InChI is InChI=1S/C8H18O2/c1-2-3-4-5-6-7-10-8-9/h9H,2-8H2,1H3. The van der Waals surface area contributed by atoms with Gasteiger partial charge in [-0.2, -0.15) is 0 Å². The van der Waals surface area contributed by atoms with Crippen molar-refractivity contribution in [2.24, 2.45) is 0 Å². The highest BCUT2D eigenvalue weighted by Crippen LogP contribution is 2.01. The highest BCUT2D eigenvalue weighted by atomic mass is 16.6. The first-order chi connectivity index (χ1) is 4.91. The zero-order valence-corrected chi connectivity index (χ0v) is 6.81. The number of unbranched alkanes of at least 4 members (excludes halogenated alkanes) is 4. The van der Waals surface area contributed by atoms with E-state index < -0.39 is 0 Å². The fourth-order valence-electron chi connectivity index (χ4n) is 0.872. The molecule has 0 aromatic rings. The Morgan fingerprint density at radius 3 is 2.40 bits per heavy atom. The van der Waals surface area contributed by atoms with Gasteiger partial charge in [0, 0.05) is 6.61 Å². The van der Waals surface area contributed by atoms with E-state index in [9.17, 15) is 0 Å². The molecule has 0 atom stereocenters. The van der Waals surface area contributed by atoms with Crippen molar-refractivity contribution in [2.75, 3.05) is 13.4 Å². The average Bonchev–Trinajstić information content (AvgIpc) is 1.97. The topological polar surface area (TPSA) is 29.5 Å². The molecule has 2 heteroatoms. The van der Waals surface area contributed by atoms with E-state index in [0.29, 0.717) is 6.61 Å². The molecule has 0 aromatic heterocycles. The average molecular weight is 146 g/mol. The second kappa shape index (κ2) is 8.92. The van der Waals surface area contributed by atoms with Gasteiger partial charge in [-0.25, -0.2) is 0 Å². The van der Waals surface area contributed by atoms with Crippen LogP contribution in [0.5, 0.6) is 0 Å². The van der Waals surface area contributed by atoms with Crippen LogP contribution in [0.2, 0.25) is 0 Å². The van der Waals surface area contributed by atoms with Crippen LogP contribution in [-0.4, -0.2) is 18.5 Å². The monoisotopic (exact) mass is 146 g/mol. The van der Waals surface area contributed by atoms with Crippen molar-refractivity contribution in [3.8, 4) is 0 Å². The number of ether oxygens (including phenoxy) is 1. The summed E-state index contributed by atoms with van der Waals surface area (Å²) in [6, 6.07) is 0. The third-order valence-electron chi connectivity index (χ3n) is 1.48. The van der Waals surface area contributed by atoms with E-state index in [2.05, 4.69) is 6.92 Å². The van der Waals surface area contributed by atoms with Gasteiger partial charge in [-0.1, -0.05) is 32.6 Å². The van der Waals surface area contributed by atoms with E-state index in [1.54, 1.807) is 0 Å². The molecular formula is C8H18O2. The van der Waals surface area contributed by atoms with Crippen LogP contribution >= 0.6 is 0 Å². The van der Waals surface area contributed by atoms with Crippen LogP contribution in [0.15, 0.2) is 0 Å². The Morgan fingerprint density at radius 1 is 1.10 bits per heavy atom. The van der Waals surface area contributed by atoms with Crippen LogP contribution < -0.4 is 0 Å². The van der Waals surface area contributed by atoms with Gasteiger partial charge in [-0.05, 0) is 6.42 Å². The smallest absolute Gasteiger partial charge is 0.143 e. The van der Waals surface area contributed by atoms with Gasteiger partial charge in [-0.3, -0.25) is 0 Å². The van der Waals surface area contributed by atoms with Crippen molar-refractivity contribution >= 4 is 0 Å². The molecule has 0 saturated heterocycles. The normalized spacial score (nSPS) is 10.2. The van der Waals surface area contributed by atoms with Gasteiger partial charge in [0.2, 0.25) is 0 Å². The summed E-state index contributed by atoms with van der Waals surface area (Å²) in [7, 11) is 0. The molecule has 1 N–H and O–H groups in total. The summed E-state index contributed by atoms with van der Waals surface area (Å²) in [5.41, 5.74) is 0. The predicted molar refractivity (Wildman–Crippen MR) is 41.8 cm³/mol. The molecule has 0 unspecified atom stereocenters. The number of hydrogen-bond acceptors (Lipinski definition) is 2. The first kappa shape index (κ1) is 9.92. The van der Waals surface area contributed by atoms with Crippen LogP contribution in [0.3, 0.4) is 0 Å². The molecule has 0 spiro atoms. The minimum absolute atomic E-state index is 0.131. The maximum absolute atomic E-state index is 8.25. The Morgan fingerprint density at radius 2 is 1.80 bits per heavy atom. The van der Waals surface area contributed by atoms with E-state index in [0.717, 1.165) is 6.42 Å². The molecule has 0 radical (unpaired) electrons. The van der Waals surface area contributed by atoms with E-state index in [4.69, 9.17) is 9.84 Å². The summed E-state index contributed by atoms with van der Waals surface area (Å²) in [5.74, 6) is 0. The van der Waals surface area contributed by atoms with Crippen molar-refractivity contribution in [2.45, 2.75) is 39.0 Å². The van der Waals surface area contributed by atoms with Crippen molar-refractivity contribution in [3.63, 3.8) is 0 Å². The molecule has 0 saturated carbocycles. The summed E-state index contributed by atoms with van der Waals surface area (Å²) in [4.78, 5) is 0. The molecule has 0 bridgehead atoms. The summed E-state index contributed by atoms with van der Waals surface area (Å²) < 4.78 is 4.77. The van der Waals surface area contributed by atoms with Gasteiger partial charge in [0.1, 0.15) is 6.79 Å². The van der Waals surface area contributed by atoms with E-state index >= 15 is 0 Å². The minimum atomic E-state index is -0.131. The molecule has 10 heavy (non-hydrogen) atoms. The minimum Gasteiger partial charge on any atom is -0.371 e. The number of aliphatic hydroxyl groups excluding tert-OH is 1. The second-order valence-corrected chi connectivity index (χ2v) is 2.45. The Balaban J connectivity index is 2.65. The Hall–Kier alpha value is -0.0800. The molecular weight excluding hydrogens is 128 g/mol. The maximum atomic E-state index is 8.25. The van der Waals surface area contributed by atoms with Gasteiger partial charge in [0.25, 0.3) is 0 Å². The molecule has 0 fully saturated rings. The van der Waals surface area contributed by atoms with Crippen LogP contribution in [0.25, 0.3) is 0 Å². The molecule has 0 aromatic carbocycles. The van der Waals surface area contributed by atoms with Crippen LogP contribution in [0.1, 0.15) is 39.0 Å². The Kier molecular flexibility index (Phi) is 8.85. The van der Waals surface area contributed by atoms with E-state index in [-0.39, 0.29) is 6.79 Å². The summed E-state index contributed by atoms with van der Waals surface area (Å²) in [6.45, 7) is 2.78. The summed E-state index contributed by atoms with van der Waals surface area (Å²) in [5, 5.41) is 8.25. The number of aliphatic hydroxyl groups is 1. The quantitative estimate of drug-likeness (QED) is 0.439. The summed E-state index contributed by atoms with van der Waals surface area (Å²) in [6.07, 6.45) is 6.21. The van der Waals surface area contributed by atoms with Gasteiger partial charge in [0.05, 0.1) is 0 Å². The molecule has 0 aliphatic carbocycles. The van der Waals surface area contributed by atoms with Gasteiger partial charge in [0.15, 0.2) is 0 Å². The summed E-state index contributed by atoms with van der Waals surface area (Å²) >= 11 is 0. The van der Waals surface area contributed by atoms with Crippen LogP contribution in [-0.2, 0) is 4.74 Å². The Bertz CT molecular complexity index is 47.2.